The van der Waals surface area contributed by atoms with Crippen LogP contribution in [-0.4, -0.2) is 15.9 Å². The van der Waals surface area contributed by atoms with Gasteiger partial charge in [-0.3, -0.25) is 4.79 Å². The van der Waals surface area contributed by atoms with Crippen molar-refractivity contribution < 1.29 is 9.53 Å². The minimum Gasteiger partial charge on any atom is -0.426 e. The third-order valence-corrected chi connectivity index (χ3v) is 7.88. The van der Waals surface area contributed by atoms with Gasteiger partial charge in [-0.05, 0) is 74.8 Å². The van der Waals surface area contributed by atoms with Crippen molar-refractivity contribution in [2.24, 2.45) is 11.3 Å². The zero-order chi connectivity index (χ0) is 26.3. The Balaban J connectivity index is 1.44. The summed E-state index contributed by atoms with van der Waals surface area (Å²) in [5.74, 6) is 0.924. The molecule has 3 rings (SSSR count). The number of nitriles is 1. The normalized spacial score (nSPS) is 19.3. The lowest BCUT2D eigenvalue weighted by Crippen LogP contribution is -2.31. The van der Waals surface area contributed by atoms with Gasteiger partial charge in [0.15, 0.2) is 5.82 Å². The number of hydrogen-bond donors (Lipinski definition) is 0. The molecule has 0 N–H and O–H groups in total. The van der Waals surface area contributed by atoms with E-state index in [9.17, 15) is 10.1 Å². The molecule has 37 heavy (non-hydrogen) atoms. The fraction of sp³-hybridized carbons (Fsp3) is 0.625. The molecule has 0 atom stereocenters. The lowest BCUT2D eigenvalue weighted by Gasteiger charge is -2.34. The molecule has 1 aliphatic carbocycles. The molecule has 0 bridgehead atoms. The van der Waals surface area contributed by atoms with Crippen LogP contribution in [0.25, 0.3) is 11.4 Å². The molecular formula is C32H45N3O2. The summed E-state index contributed by atoms with van der Waals surface area (Å²) in [7, 11) is 0. The van der Waals surface area contributed by atoms with Crippen LogP contribution in [0.3, 0.4) is 0 Å². The van der Waals surface area contributed by atoms with E-state index in [1.165, 1.54) is 63.4 Å². The van der Waals surface area contributed by atoms with Crippen LogP contribution in [-0.2, 0) is 11.2 Å². The van der Waals surface area contributed by atoms with Crippen LogP contribution >= 0.6 is 0 Å². The molecule has 200 valence electrons. The summed E-state index contributed by atoms with van der Waals surface area (Å²) in [5.41, 5.74) is 1.82. The zero-order valence-electron chi connectivity index (χ0n) is 23.0. The molecule has 5 heteroatoms. The standard InChI is InChI=1S/C32H45N3O2/c1-3-5-7-9-10-12-20-32(25-33)21-18-28(19-22-32)31(36)37-29-16-14-27(15-17-29)30-34-23-26(24-35-30)13-11-8-6-4-2/h14-17,23-24,28H,3-13,18-22H2,1-2H3. The van der Waals surface area contributed by atoms with Gasteiger partial charge in [0.25, 0.3) is 0 Å². The summed E-state index contributed by atoms with van der Waals surface area (Å²) in [6.45, 7) is 4.45. The van der Waals surface area contributed by atoms with Crippen LogP contribution in [0.15, 0.2) is 36.7 Å². The van der Waals surface area contributed by atoms with E-state index in [1.54, 1.807) is 0 Å². The largest absolute Gasteiger partial charge is 0.426 e. The second-order valence-electron chi connectivity index (χ2n) is 10.9. The van der Waals surface area contributed by atoms with E-state index in [0.29, 0.717) is 11.6 Å². The lowest BCUT2D eigenvalue weighted by atomic mass is 9.69. The van der Waals surface area contributed by atoms with Crippen LogP contribution in [0.1, 0.15) is 116 Å². The van der Waals surface area contributed by atoms with Gasteiger partial charge < -0.3 is 4.74 Å². The topological polar surface area (TPSA) is 75.9 Å². The van der Waals surface area contributed by atoms with Gasteiger partial charge in [0.2, 0.25) is 0 Å². The van der Waals surface area contributed by atoms with E-state index in [4.69, 9.17) is 4.74 Å². The average molecular weight is 504 g/mol. The fourth-order valence-electron chi connectivity index (χ4n) is 5.33. The number of ether oxygens (including phenoxy) is 1. The van der Waals surface area contributed by atoms with Gasteiger partial charge in [-0.25, -0.2) is 9.97 Å². The molecule has 0 spiro atoms. The molecule has 1 aromatic heterocycles. The predicted molar refractivity (Wildman–Crippen MR) is 149 cm³/mol. The van der Waals surface area contributed by atoms with Crippen LogP contribution in [0, 0.1) is 22.7 Å². The van der Waals surface area contributed by atoms with Crippen molar-refractivity contribution in [3.05, 3.63) is 42.2 Å². The van der Waals surface area contributed by atoms with E-state index in [-0.39, 0.29) is 17.3 Å². The summed E-state index contributed by atoms with van der Waals surface area (Å²) in [4.78, 5) is 21.9. The third-order valence-electron chi connectivity index (χ3n) is 7.88. The first-order valence-electron chi connectivity index (χ1n) is 14.6. The van der Waals surface area contributed by atoms with E-state index in [0.717, 1.165) is 50.5 Å². The van der Waals surface area contributed by atoms with Crippen molar-refractivity contribution in [1.82, 2.24) is 9.97 Å². The zero-order valence-corrected chi connectivity index (χ0v) is 23.0. The summed E-state index contributed by atoms with van der Waals surface area (Å²) in [5, 5.41) is 9.86. The molecule has 0 aliphatic heterocycles. The summed E-state index contributed by atoms with van der Waals surface area (Å²) < 4.78 is 5.70. The number of hydrogen-bond acceptors (Lipinski definition) is 5. The highest BCUT2D eigenvalue weighted by atomic mass is 16.5. The lowest BCUT2D eigenvalue weighted by molar-refractivity contribution is -0.140. The highest BCUT2D eigenvalue weighted by molar-refractivity contribution is 5.75. The minimum atomic E-state index is -0.256. The second-order valence-corrected chi connectivity index (χ2v) is 10.9. The maximum Gasteiger partial charge on any atom is 0.314 e. The van der Waals surface area contributed by atoms with Crippen molar-refractivity contribution in [1.29, 1.82) is 5.26 Å². The summed E-state index contributed by atoms with van der Waals surface area (Å²) in [6.07, 6.45) is 21.2. The third kappa shape index (κ3) is 9.26. The van der Waals surface area contributed by atoms with Crippen LogP contribution in [0.2, 0.25) is 0 Å². The maximum atomic E-state index is 12.8. The number of unbranched alkanes of at least 4 members (excludes halogenated alkanes) is 8. The van der Waals surface area contributed by atoms with Gasteiger partial charge in [0.05, 0.1) is 17.4 Å². The van der Waals surface area contributed by atoms with Crippen LogP contribution in [0.4, 0.5) is 0 Å². The van der Waals surface area contributed by atoms with Crippen LogP contribution in [0.5, 0.6) is 5.75 Å². The first-order valence-corrected chi connectivity index (χ1v) is 14.6. The average Bonchev–Trinajstić information content (AvgIpc) is 2.94. The van der Waals surface area contributed by atoms with Gasteiger partial charge in [-0.1, -0.05) is 71.6 Å². The quantitative estimate of drug-likeness (QED) is 0.138. The van der Waals surface area contributed by atoms with Crippen LogP contribution < -0.4 is 4.74 Å². The first-order chi connectivity index (χ1) is 18.1. The van der Waals surface area contributed by atoms with Crippen molar-refractivity contribution in [2.75, 3.05) is 0 Å². The van der Waals surface area contributed by atoms with Crippen molar-refractivity contribution in [3.63, 3.8) is 0 Å². The Morgan fingerprint density at radius 1 is 0.919 bits per heavy atom. The number of aromatic nitrogens is 2. The highest BCUT2D eigenvalue weighted by Gasteiger charge is 2.38. The molecule has 2 aromatic rings. The van der Waals surface area contributed by atoms with Gasteiger partial charge in [-0.15, -0.1) is 0 Å². The van der Waals surface area contributed by atoms with E-state index >= 15 is 0 Å². The molecule has 5 nitrogen and oxygen atoms in total. The smallest absolute Gasteiger partial charge is 0.314 e. The monoisotopic (exact) mass is 503 g/mol. The van der Waals surface area contributed by atoms with Crippen molar-refractivity contribution in [3.8, 4) is 23.2 Å². The Bertz CT molecular complexity index is 971. The Morgan fingerprint density at radius 2 is 1.51 bits per heavy atom. The van der Waals surface area contributed by atoms with Gasteiger partial charge >= 0.3 is 5.97 Å². The number of nitrogens with zero attached hydrogens (tertiary/aromatic N) is 3. The number of benzene rings is 1. The Hall–Kier alpha value is -2.74. The van der Waals surface area contributed by atoms with Gasteiger partial charge in [-0.2, -0.15) is 5.26 Å². The number of carbonyl (C=O) groups excluding carboxylic acids is 1. The maximum absolute atomic E-state index is 12.8. The Morgan fingerprint density at radius 3 is 2.14 bits per heavy atom. The summed E-state index contributed by atoms with van der Waals surface area (Å²) >= 11 is 0. The molecule has 1 aromatic carbocycles. The molecule has 0 unspecified atom stereocenters. The SMILES string of the molecule is CCCCCCCCC1(C#N)CCC(C(=O)Oc2ccc(-c3ncc(CCCCCC)cn3)cc2)CC1. The molecular weight excluding hydrogens is 458 g/mol. The minimum absolute atomic E-state index is 0.126. The Labute approximate surface area is 224 Å². The highest BCUT2D eigenvalue weighted by Crippen LogP contribution is 2.43. The van der Waals surface area contributed by atoms with Gasteiger partial charge in [0.1, 0.15) is 5.75 Å². The molecule has 0 amide bonds. The molecule has 0 radical (unpaired) electrons. The second kappa shape index (κ2) is 15.5. The van der Waals surface area contributed by atoms with Crippen molar-refractivity contribution in [2.45, 2.75) is 117 Å². The summed E-state index contributed by atoms with van der Waals surface area (Å²) in [6, 6.07) is 10.0. The number of rotatable bonds is 15. The van der Waals surface area contributed by atoms with Crippen molar-refractivity contribution >= 4 is 5.97 Å². The van der Waals surface area contributed by atoms with Gasteiger partial charge in [0, 0.05) is 18.0 Å². The molecule has 1 aliphatic rings. The van der Waals surface area contributed by atoms with E-state index in [2.05, 4.69) is 29.9 Å². The molecule has 0 saturated heterocycles. The molecule has 1 heterocycles. The number of esters is 1. The Kier molecular flexibility index (Phi) is 12.1. The molecule has 1 fully saturated rings. The van der Waals surface area contributed by atoms with E-state index in [1.807, 2.05) is 36.7 Å². The molecule has 1 saturated carbocycles. The first kappa shape index (κ1) is 28.8. The number of carbonyl (C=O) groups is 1. The predicted octanol–water partition coefficient (Wildman–Crippen LogP) is 8.62. The van der Waals surface area contributed by atoms with E-state index < -0.39 is 0 Å². The fourth-order valence-corrected chi connectivity index (χ4v) is 5.33. The number of aryl methyl sites for hydroxylation is 1.